The topological polar surface area (TPSA) is 31.6 Å². The van der Waals surface area contributed by atoms with Crippen LogP contribution in [0, 0.1) is 12.8 Å². The van der Waals surface area contributed by atoms with Crippen LogP contribution in [0.3, 0.4) is 0 Å². The van der Waals surface area contributed by atoms with E-state index in [2.05, 4.69) is 22.9 Å². The third kappa shape index (κ3) is 2.70. The molecule has 0 aliphatic carbocycles. The van der Waals surface area contributed by atoms with Crippen molar-refractivity contribution < 1.29 is 13.9 Å². The number of rotatable bonds is 2. The molecule has 2 atom stereocenters. The highest BCUT2D eigenvalue weighted by molar-refractivity contribution is 9.09. The molecule has 1 aromatic carbocycles. The molecule has 0 bridgehead atoms. The maximum atomic E-state index is 5.82. The Kier molecular flexibility index (Phi) is 3.74. The molecule has 0 saturated heterocycles. The smallest absolute Gasteiger partial charge is 0.161 e. The molecule has 0 radical (unpaired) electrons. The number of fused-ring (bicyclic) bond motifs is 1. The van der Waals surface area contributed by atoms with Gasteiger partial charge in [0.2, 0.25) is 0 Å². The zero-order chi connectivity index (χ0) is 14.1. The average molecular weight is 337 g/mol. The fourth-order valence-corrected chi connectivity index (χ4v) is 2.71. The summed E-state index contributed by atoms with van der Waals surface area (Å²) >= 11 is 3.68. The maximum absolute atomic E-state index is 5.82. The van der Waals surface area contributed by atoms with Crippen molar-refractivity contribution in [3.05, 3.63) is 47.4 Å². The maximum Gasteiger partial charge on any atom is 0.161 e. The van der Waals surface area contributed by atoms with Crippen LogP contribution in [0.15, 0.2) is 34.7 Å². The van der Waals surface area contributed by atoms with Crippen LogP contribution in [-0.4, -0.2) is 13.2 Å². The van der Waals surface area contributed by atoms with E-state index in [4.69, 9.17) is 13.9 Å². The highest BCUT2D eigenvalue weighted by atomic mass is 79.9. The Balaban J connectivity index is 1.88. The van der Waals surface area contributed by atoms with Crippen molar-refractivity contribution in [3.63, 3.8) is 0 Å². The molecule has 2 heterocycles. The van der Waals surface area contributed by atoms with Gasteiger partial charge in [0.1, 0.15) is 11.5 Å². The van der Waals surface area contributed by atoms with Crippen LogP contribution in [0.2, 0.25) is 0 Å². The van der Waals surface area contributed by atoms with Gasteiger partial charge in [0.05, 0.1) is 18.0 Å². The summed E-state index contributed by atoms with van der Waals surface area (Å²) in [5.41, 5.74) is 1.09. The highest BCUT2D eigenvalue weighted by Crippen LogP contribution is 2.38. The van der Waals surface area contributed by atoms with Crippen molar-refractivity contribution >= 4 is 15.9 Å². The number of furan rings is 1. The molecule has 1 aliphatic heterocycles. The van der Waals surface area contributed by atoms with Gasteiger partial charge in [0, 0.05) is 5.92 Å². The van der Waals surface area contributed by atoms with E-state index in [9.17, 15) is 0 Å². The van der Waals surface area contributed by atoms with Gasteiger partial charge < -0.3 is 13.9 Å². The van der Waals surface area contributed by atoms with Crippen molar-refractivity contribution in [2.24, 2.45) is 5.92 Å². The van der Waals surface area contributed by atoms with Gasteiger partial charge in [0.25, 0.3) is 0 Å². The molecule has 0 amide bonds. The lowest BCUT2D eigenvalue weighted by atomic mass is 10.1. The zero-order valence-corrected chi connectivity index (χ0v) is 13.1. The molecular formula is C16H17BrO3. The third-order valence-corrected chi connectivity index (χ3v) is 4.30. The first-order chi connectivity index (χ1) is 9.63. The number of hydrogen-bond acceptors (Lipinski definition) is 3. The van der Waals surface area contributed by atoms with Crippen LogP contribution >= 0.6 is 15.9 Å². The zero-order valence-electron chi connectivity index (χ0n) is 11.6. The Bertz CT molecular complexity index is 606. The summed E-state index contributed by atoms with van der Waals surface area (Å²) in [7, 11) is 0. The average Bonchev–Trinajstić information content (AvgIpc) is 2.80. The van der Waals surface area contributed by atoms with Gasteiger partial charge in [-0.15, -0.1) is 0 Å². The first-order valence-corrected chi connectivity index (χ1v) is 7.65. The van der Waals surface area contributed by atoms with E-state index in [1.807, 2.05) is 37.3 Å². The van der Waals surface area contributed by atoms with Gasteiger partial charge in [-0.1, -0.05) is 28.9 Å². The van der Waals surface area contributed by atoms with Crippen LogP contribution in [-0.2, 0) is 0 Å². The van der Waals surface area contributed by atoms with Gasteiger partial charge in [-0.3, -0.25) is 0 Å². The lowest BCUT2D eigenvalue weighted by Crippen LogP contribution is -2.12. The first kappa shape index (κ1) is 13.6. The van der Waals surface area contributed by atoms with Crippen LogP contribution in [0.1, 0.15) is 28.8 Å². The largest absolute Gasteiger partial charge is 0.489 e. The Morgan fingerprint density at radius 3 is 2.55 bits per heavy atom. The molecule has 20 heavy (non-hydrogen) atoms. The van der Waals surface area contributed by atoms with Crippen molar-refractivity contribution in [2.75, 3.05) is 13.2 Å². The summed E-state index contributed by atoms with van der Waals surface area (Å²) in [5.74, 6) is 3.82. The minimum absolute atomic E-state index is 0.0192. The predicted octanol–water partition coefficient (Wildman–Crippen LogP) is 4.48. The summed E-state index contributed by atoms with van der Waals surface area (Å²) in [6, 6.07) is 9.97. The Labute approximate surface area is 127 Å². The Hall–Kier alpha value is -1.42. The Morgan fingerprint density at radius 1 is 1.10 bits per heavy atom. The van der Waals surface area contributed by atoms with Gasteiger partial charge in [-0.2, -0.15) is 0 Å². The quantitative estimate of drug-likeness (QED) is 0.757. The molecule has 0 fully saturated rings. The minimum atomic E-state index is 0.0192. The molecular weight excluding hydrogens is 320 g/mol. The summed E-state index contributed by atoms with van der Waals surface area (Å²) in [6.45, 7) is 5.44. The molecule has 1 aliphatic rings. The molecule has 3 nitrogen and oxygen atoms in total. The van der Waals surface area contributed by atoms with Crippen molar-refractivity contribution in [1.82, 2.24) is 0 Å². The molecule has 2 aromatic rings. The molecule has 4 heteroatoms. The van der Waals surface area contributed by atoms with Crippen LogP contribution in [0.25, 0.3) is 0 Å². The van der Waals surface area contributed by atoms with Crippen LogP contribution in [0.4, 0.5) is 0 Å². The molecule has 0 spiro atoms. The first-order valence-electron chi connectivity index (χ1n) is 6.73. The molecule has 1 aromatic heterocycles. The summed E-state index contributed by atoms with van der Waals surface area (Å²) in [5, 5.41) is 0. The number of halogens is 1. The molecule has 0 N–H and O–H groups in total. The summed E-state index contributed by atoms with van der Waals surface area (Å²) in [6.07, 6.45) is 0. The van der Waals surface area contributed by atoms with E-state index in [0.717, 1.165) is 28.6 Å². The van der Waals surface area contributed by atoms with Crippen LogP contribution < -0.4 is 9.47 Å². The van der Waals surface area contributed by atoms with E-state index in [1.54, 1.807) is 0 Å². The number of alkyl halides is 1. The van der Waals surface area contributed by atoms with Gasteiger partial charge in [0.15, 0.2) is 11.5 Å². The number of hydrogen-bond donors (Lipinski definition) is 0. The fourth-order valence-electron chi connectivity index (χ4n) is 2.18. The minimum Gasteiger partial charge on any atom is -0.489 e. The second-order valence-corrected chi connectivity index (χ2v) is 6.16. The monoisotopic (exact) mass is 336 g/mol. The third-order valence-electron chi connectivity index (χ3n) is 3.32. The van der Waals surface area contributed by atoms with E-state index in [0.29, 0.717) is 19.1 Å². The second-order valence-electron chi connectivity index (χ2n) is 5.24. The number of ether oxygens (including phenoxy) is 2. The molecule has 106 valence electrons. The van der Waals surface area contributed by atoms with E-state index >= 15 is 0 Å². The van der Waals surface area contributed by atoms with Crippen molar-refractivity contribution in [2.45, 2.75) is 18.7 Å². The van der Waals surface area contributed by atoms with E-state index < -0.39 is 0 Å². The summed E-state index contributed by atoms with van der Waals surface area (Å²) < 4.78 is 17.2. The second kappa shape index (κ2) is 5.52. The lowest BCUT2D eigenvalue weighted by molar-refractivity contribution is 0.228. The highest BCUT2D eigenvalue weighted by Gasteiger charge is 2.19. The van der Waals surface area contributed by atoms with Gasteiger partial charge >= 0.3 is 0 Å². The SMILES string of the molecule is Cc1ccc(C(Br)c2ccc3c(c2)OCC(C)CO3)o1. The van der Waals surface area contributed by atoms with Gasteiger partial charge in [-0.05, 0) is 36.8 Å². The fraction of sp³-hybridized carbons (Fsp3) is 0.375. The van der Waals surface area contributed by atoms with E-state index in [1.165, 1.54) is 0 Å². The lowest BCUT2D eigenvalue weighted by Gasteiger charge is -2.12. The van der Waals surface area contributed by atoms with E-state index in [-0.39, 0.29) is 4.83 Å². The molecule has 2 unspecified atom stereocenters. The normalized spacial score (nSPS) is 19.4. The Morgan fingerprint density at radius 2 is 1.85 bits per heavy atom. The van der Waals surface area contributed by atoms with Crippen molar-refractivity contribution in [1.29, 1.82) is 0 Å². The van der Waals surface area contributed by atoms with Crippen LogP contribution in [0.5, 0.6) is 11.5 Å². The molecule has 0 saturated carbocycles. The summed E-state index contributed by atoms with van der Waals surface area (Å²) in [4.78, 5) is 0.0192. The van der Waals surface area contributed by atoms with Gasteiger partial charge in [-0.25, -0.2) is 0 Å². The number of benzene rings is 1. The number of aryl methyl sites for hydroxylation is 1. The predicted molar refractivity (Wildman–Crippen MR) is 80.8 cm³/mol. The standard InChI is InChI=1S/C16H17BrO3/c1-10-8-18-13-6-4-12(7-15(13)19-9-10)16(17)14-5-3-11(2)20-14/h3-7,10,16H,8-9H2,1-2H3. The molecule has 3 rings (SSSR count). The van der Waals surface area contributed by atoms with Crippen molar-refractivity contribution in [3.8, 4) is 11.5 Å².